The molecule has 1 aliphatic heterocycles. The van der Waals surface area contributed by atoms with Crippen LogP contribution in [0.15, 0.2) is 33.9 Å². The minimum Gasteiger partial charge on any atom is -0.485 e. The topological polar surface area (TPSA) is 86.5 Å². The number of fused-ring (bicyclic) bond motifs is 1. The number of carbonyl (C=O) groups is 1. The summed E-state index contributed by atoms with van der Waals surface area (Å²) in [5, 5.41) is 11.2. The second-order valence-corrected chi connectivity index (χ2v) is 6.33. The van der Waals surface area contributed by atoms with Crippen molar-refractivity contribution >= 4 is 17.7 Å². The number of para-hydroxylation sites is 2. The maximum Gasteiger partial charge on any atom is 0.277 e. The number of hydrogen-bond donors (Lipinski definition) is 1. The number of amides is 1. The van der Waals surface area contributed by atoms with E-state index >= 15 is 0 Å². The Labute approximate surface area is 136 Å². The van der Waals surface area contributed by atoms with Crippen molar-refractivity contribution in [2.75, 3.05) is 12.4 Å². The summed E-state index contributed by atoms with van der Waals surface area (Å²) >= 11 is 1.22. The third kappa shape index (κ3) is 3.42. The van der Waals surface area contributed by atoms with Crippen LogP contribution in [0.3, 0.4) is 0 Å². The molecule has 0 bridgehead atoms. The summed E-state index contributed by atoms with van der Waals surface area (Å²) in [6, 6.07) is 7.79. The average molecular weight is 333 g/mol. The van der Waals surface area contributed by atoms with E-state index < -0.39 is 6.10 Å². The zero-order chi connectivity index (χ0) is 15.6. The quantitative estimate of drug-likeness (QED) is 0.837. The highest BCUT2D eigenvalue weighted by Gasteiger charge is 2.28. The molecule has 8 heteroatoms. The van der Waals surface area contributed by atoms with Crippen LogP contribution >= 0.6 is 11.8 Å². The lowest BCUT2D eigenvalue weighted by molar-refractivity contribution is -0.118. The van der Waals surface area contributed by atoms with Gasteiger partial charge in [0.25, 0.3) is 11.1 Å². The van der Waals surface area contributed by atoms with E-state index in [1.165, 1.54) is 11.8 Å². The van der Waals surface area contributed by atoms with Gasteiger partial charge in [-0.05, 0) is 25.0 Å². The molecule has 1 N–H and O–H groups in total. The van der Waals surface area contributed by atoms with Gasteiger partial charge in [0.15, 0.2) is 11.5 Å². The number of carbonyl (C=O) groups excluding carboxylic acids is 1. The second-order valence-electron chi connectivity index (χ2n) is 5.40. The number of ether oxygens (including phenoxy) is 2. The van der Waals surface area contributed by atoms with Crippen LogP contribution in [0, 0.1) is 0 Å². The largest absolute Gasteiger partial charge is 0.485 e. The number of benzene rings is 1. The molecule has 23 heavy (non-hydrogen) atoms. The normalized spacial score (nSPS) is 19.4. The number of aromatic nitrogens is 2. The molecular weight excluding hydrogens is 318 g/mol. The van der Waals surface area contributed by atoms with Crippen LogP contribution in [0.2, 0.25) is 0 Å². The van der Waals surface area contributed by atoms with Gasteiger partial charge in [-0.2, -0.15) is 0 Å². The van der Waals surface area contributed by atoms with Gasteiger partial charge < -0.3 is 19.2 Å². The Balaban J connectivity index is 1.35. The smallest absolute Gasteiger partial charge is 0.277 e. The van der Waals surface area contributed by atoms with E-state index in [0.717, 1.165) is 12.8 Å². The van der Waals surface area contributed by atoms with E-state index in [0.29, 0.717) is 35.3 Å². The number of thioether (sulfide) groups is 1. The molecule has 4 rings (SSSR count). The molecule has 1 amide bonds. The third-order valence-electron chi connectivity index (χ3n) is 3.48. The number of hydrogen-bond acceptors (Lipinski definition) is 7. The third-order valence-corrected chi connectivity index (χ3v) is 4.29. The predicted octanol–water partition coefficient (Wildman–Crippen LogP) is 1.95. The standard InChI is InChI=1S/C15H15N3O4S/c19-13(16-9-5-6-9)8-23-15-18-17-14(22-15)12-7-20-10-3-1-2-4-11(10)21-12/h1-4,9,12H,5-8H2,(H,16,19). The van der Waals surface area contributed by atoms with Gasteiger partial charge >= 0.3 is 0 Å². The van der Waals surface area contributed by atoms with Crippen LogP contribution in [0.5, 0.6) is 11.5 Å². The summed E-state index contributed by atoms with van der Waals surface area (Å²) in [4.78, 5) is 11.6. The lowest BCUT2D eigenvalue weighted by Gasteiger charge is -2.23. The molecule has 7 nitrogen and oxygen atoms in total. The molecule has 1 unspecified atom stereocenters. The number of nitrogens with one attached hydrogen (secondary N) is 1. The van der Waals surface area contributed by atoms with Crippen molar-refractivity contribution in [1.29, 1.82) is 0 Å². The van der Waals surface area contributed by atoms with Crippen molar-refractivity contribution in [1.82, 2.24) is 15.5 Å². The first kappa shape index (κ1) is 14.4. The predicted molar refractivity (Wildman–Crippen MR) is 81.5 cm³/mol. The molecule has 1 fully saturated rings. The van der Waals surface area contributed by atoms with E-state index in [1.807, 2.05) is 24.3 Å². The Hall–Kier alpha value is -2.22. The Morgan fingerprint density at radius 3 is 2.91 bits per heavy atom. The van der Waals surface area contributed by atoms with Gasteiger partial charge in [0, 0.05) is 6.04 Å². The van der Waals surface area contributed by atoms with Gasteiger partial charge in [0.05, 0.1) is 5.75 Å². The zero-order valence-corrected chi connectivity index (χ0v) is 13.0. The lowest BCUT2D eigenvalue weighted by Crippen LogP contribution is -2.26. The van der Waals surface area contributed by atoms with E-state index in [9.17, 15) is 4.79 Å². The molecule has 0 radical (unpaired) electrons. The monoisotopic (exact) mass is 333 g/mol. The highest BCUT2D eigenvalue weighted by Crippen LogP contribution is 2.35. The van der Waals surface area contributed by atoms with Crippen LogP contribution in [0.1, 0.15) is 24.8 Å². The SMILES string of the molecule is O=C(CSc1nnc(C2COc3ccccc3O2)o1)NC1CC1. The first-order chi connectivity index (χ1) is 11.3. The van der Waals surface area contributed by atoms with Gasteiger partial charge in [0.1, 0.15) is 6.61 Å². The van der Waals surface area contributed by atoms with Crippen molar-refractivity contribution in [2.45, 2.75) is 30.2 Å². The van der Waals surface area contributed by atoms with Crippen LogP contribution < -0.4 is 14.8 Å². The second kappa shape index (κ2) is 6.11. The summed E-state index contributed by atoms with van der Waals surface area (Å²) in [6.07, 6.45) is 1.70. The molecule has 2 heterocycles. The molecule has 2 aromatic rings. The fourth-order valence-electron chi connectivity index (χ4n) is 2.17. The first-order valence-corrected chi connectivity index (χ1v) is 8.40. The van der Waals surface area contributed by atoms with Gasteiger partial charge in [-0.15, -0.1) is 10.2 Å². The minimum atomic E-state index is -0.438. The molecular formula is C15H15N3O4S. The summed E-state index contributed by atoms with van der Waals surface area (Å²) in [7, 11) is 0. The van der Waals surface area contributed by atoms with Crippen LogP contribution in [-0.2, 0) is 4.79 Å². The maximum absolute atomic E-state index is 11.6. The summed E-state index contributed by atoms with van der Waals surface area (Å²) < 4.78 is 17.0. The molecule has 1 aliphatic carbocycles. The molecule has 1 atom stereocenters. The van der Waals surface area contributed by atoms with E-state index in [-0.39, 0.29) is 11.7 Å². The van der Waals surface area contributed by atoms with Crippen molar-refractivity contribution in [3.05, 3.63) is 30.2 Å². The molecule has 0 saturated heterocycles. The van der Waals surface area contributed by atoms with E-state index in [2.05, 4.69) is 15.5 Å². The van der Waals surface area contributed by atoms with Gasteiger partial charge in [-0.25, -0.2) is 0 Å². The number of rotatable bonds is 5. The first-order valence-electron chi connectivity index (χ1n) is 7.42. The van der Waals surface area contributed by atoms with Crippen LogP contribution in [-0.4, -0.2) is 34.5 Å². The summed E-state index contributed by atoms with van der Waals surface area (Å²) in [5.74, 6) is 1.96. The highest BCUT2D eigenvalue weighted by molar-refractivity contribution is 7.99. The van der Waals surface area contributed by atoms with E-state index in [4.69, 9.17) is 13.9 Å². The Bertz CT molecular complexity index is 716. The van der Waals surface area contributed by atoms with Crippen LogP contribution in [0.4, 0.5) is 0 Å². The lowest BCUT2D eigenvalue weighted by atomic mass is 10.2. The van der Waals surface area contributed by atoms with Crippen molar-refractivity contribution in [3.8, 4) is 11.5 Å². The fraction of sp³-hybridized carbons (Fsp3) is 0.400. The number of nitrogens with zero attached hydrogens (tertiary/aromatic N) is 2. The Morgan fingerprint density at radius 1 is 1.26 bits per heavy atom. The molecule has 1 aromatic heterocycles. The van der Waals surface area contributed by atoms with Crippen LogP contribution in [0.25, 0.3) is 0 Å². The molecule has 2 aliphatic rings. The summed E-state index contributed by atoms with van der Waals surface area (Å²) in [6.45, 7) is 0.311. The molecule has 0 spiro atoms. The van der Waals surface area contributed by atoms with Crippen molar-refractivity contribution in [3.63, 3.8) is 0 Å². The van der Waals surface area contributed by atoms with Crippen molar-refractivity contribution in [2.24, 2.45) is 0 Å². The zero-order valence-electron chi connectivity index (χ0n) is 12.2. The van der Waals surface area contributed by atoms with Gasteiger partial charge in [-0.3, -0.25) is 4.79 Å². The van der Waals surface area contributed by atoms with Gasteiger partial charge in [0.2, 0.25) is 12.0 Å². The highest BCUT2D eigenvalue weighted by atomic mass is 32.2. The van der Waals surface area contributed by atoms with Crippen molar-refractivity contribution < 1.29 is 18.7 Å². The molecule has 1 aromatic carbocycles. The average Bonchev–Trinajstić information content (AvgIpc) is 3.26. The Kier molecular flexibility index (Phi) is 3.82. The molecule has 1 saturated carbocycles. The molecule has 120 valence electrons. The van der Waals surface area contributed by atoms with E-state index in [1.54, 1.807) is 0 Å². The van der Waals surface area contributed by atoms with Gasteiger partial charge in [-0.1, -0.05) is 23.9 Å². The summed E-state index contributed by atoms with van der Waals surface area (Å²) in [5.41, 5.74) is 0. The Morgan fingerprint density at radius 2 is 2.09 bits per heavy atom. The minimum absolute atomic E-state index is 0.0107. The maximum atomic E-state index is 11.6. The fourth-order valence-corrected chi connectivity index (χ4v) is 2.76.